The summed E-state index contributed by atoms with van der Waals surface area (Å²) in [4.78, 5) is 46.0. The van der Waals surface area contributed by atoms with E-state index in [2.05, 4.69) is 0 Å². The first-order valence-corrected chi connectivity index (χ1v) is 9.19. The topological polar surface area (TPSA) is 151 Å². The quantitative estimate of drug-likeness (QED) is 0.299. The molecular weight excluding hydrogens is 420 g/mol. The van der Waals surface area contributed by atoms with E-state index in [0.29, 0.717) is 10.9 Å². The second-order valence-corrected chi connectivity index (χ2v) is 7.09. The van der Waals surface area contributed by atoms with Crippen molar-refractivity contribution < 1.29 is 19.6 Å². The molecule has 3 aromatic carbocycles. The molecule has 11 nitrogen and oxygen atoms in total. The highest BCUT2D eigenvalue weighted by Crippen LogP contribution is 2.49. The highest BCUT2D eigenvalue weighted by Gasteiger charge is 2.41. The fourth-order valence-corrected chi connectivity index (χ4v) is 4.13. The third-order valence-corrected chi connectivity index (χ3v) is 5.45. The Balaban J connectivity index is 1.93. The van der Waals surface area contributed by atoms with Gasteiger partial charge in [-0.1, -0.05) is 18.2 Å². The number of hydrogen-bond acceptors (Lipinski definition) is 7. The molecule has 0 amide bonds. The molecule has 11 heteroatoms. The highest BCUT2D eigenvalue weighted by atomic mass is 16.6. The molecule has 0 unspecified atom stereocenters. The van der Waals surface area contributed by atoms with E-state index in [4.69, 9.17) is 0 Å². The second-order valence-electron chi connectivity index (χ2n) is 7.09. The zero-order chi connectivity index (χ0) is 22.7. The van der Waals surface area contributed by atoms with Crippen LogP contribution in [0.3, 0.4) is 0 Å². The average Bonchev–Trinajstić information content (AvgIpc) is 3.31. The molecule has 0 saturated heterocycles. The van der Waals surface area contributed by atoms with Gasteiger partial charge in [0, 0.05) is 41.1 Å². The van der Waals surface area contributed by atoms with Crippen molar-refractivity contribution in [2.45, 2.75) is 0 Å². The Bertz CT molecular complexity index is 1540. The molecule has 1 aliphatic rings. The molecule has 156 valence electrons. The Labute approximate surface area is 177 Å². The zero-order valence-electron chi connectivity index (χ0n) is 15.9. The molecule has 4 aromatic rings. The number of aromatic nitrogens is 1. The molecule has 0 spiro atoms. The molecule has 1 aromatic heterocycles. The molecule has 1 heterocycles. The standard InChI is InChI=1S/C21H10N4O7/c26-21-14-9-12(23(27)28)5-6-13(14)18-15(21)10-17(24(29)30)19(20(18)25(31)32)22-8-7-11-3-1-2-4-16(11)22/h1-10H. The minimum absolute atomic E-state index is 0.0942. The van der Waals surface area contributed by atoms with Crippen LogP contribution in [0.5, 0.6) is 0 Å². The van der Waals surface area contributed by atoms with Crippen molar-refractivity contribution >= 4 is 33.7 Å². The Morgan fingerprint density at radius 3 is 2.19 bits per heavy atom. The lowest BCUT2D eigenvalue weighted by molar-refractivity contribution is -0.393. The number of ketones is 1. The summed E-state index contributed by atoms with van der Waals surface area (Å²) in [5.41, 5.74) is -1.70. The lowest BCUT2D eigenvalue weighted by atomic mass is 10.0. The van der Waals surface area contributed by atoms with Crippen LogP contribution in [0.1, 0.15) is 15.9 Å². The second kappa shape index (κ2) is 6.54. The molecule has 5 rings (SSSR count). The third kappa shape index (κ3) is 2.51. The Morgan fingerprint density at radius 2 is 1.50 bits per heavy atom. The van der Waals surface area contributed by atoms with Gasteiger partial charge in [-0.05, 0) is 23.6 Å². The van der Waals surface area contributed by atoms with Crippen LogP contribution in [0.25, 0.3) is 27.7 Å². The molecule has 0 fully saturated rings. The summed E-state index contributed by atoms with van der Waals surface area (Å²) in [6, 6.07) is 13.0. The summed E-state index contributed by atoms with van der Waals surface area (Å²) in [6.07, 6.45) is 1.49. The van der Waals surface area contributed by atoms with Crippen LogP contribution in [0, 0.1) is 30.3 Å². The number of non-ortho nitro benzene ring substituents is 1. The van der Waals surface area contributed by atoms with Gasteiger partial charge in [-0.2, -0.15) is 0 Å². The normalized spacial score (nSPS) is 11.9. The number of rotatable bonds is 4. The largest absolute Gasteiger partial charge is 0.308 e. The predicted molar refractivity (Wildman–Crippen MR) is 112 cm³/mol. The zero-order valence-corrected chi connectivity index (χ0v) is 15.9. The van der Waals surface area contributed by atoms with Crippen molar-refractivity contribution in [3.05, 3.63) is 102 Å². The van der Waals surface area contributed by atoms with Gasteiger partial charge < -0.3 is 4.57 Å². The lowest BCUT2D eigenvalue weighted by Crippen LogP contribution is -2.07. The first-order valence-electron chi connectivity index (χ1n) is 9.19. The SMILES string of the molecule is O=C1c2cc([N+](=O)[O-])ccc2-c2c1cc([N+](=O)[O-])c(-n1ccc3ccccc31)c2[N+](=O)[O-]. The Hall–Kier alpha value is -4.93. The van der Waals surface area contributed by atoms with Gasteiger partial charge in [0.25, 0.3) is 5.69 Å². The summed E-state index contributed by atoms with van der Waals surface area (Å²) in [6.45, 7) is 0. The van der Waals surface area contributed by atoms with Crippen LogP contribution in [0.15, 0.2) is 60.8 Å². The summed E-state index contributed by atoms with van der Waals surface area (Å²) in [5, 5.41) is 36.0. The van der Waals surface area contributed by atoms with Gasteiger partial charge >= 0.3 is 11.4 Å². The molecule has 0 bridgehead atoms. The minimum atomic E-state index is -0.782. The number of nitro groups is 3. The molecule has 0 aliphatic heterocycles. The van der Waals surface area contributed by atoms with Crippen molar-refractivity contribution in [3.63, 3.8) is 0 Å². The summed E-state index contributed by atoms with van der Waals surface area (Å²) >= 11 is 0. The molecule has 0 radical (unpaired) electrons. The predicted octanol–water partition coefficient (Wildman–Crippen LogP) is 4.57. The van der Waals surface area contributed by atoms with E-state index in [9.17, 15) is 35.1 Å². The van der Waals surface area contributed by atoms with Gasteiger partial charge in [0.05, 0.1) is 25.9 Å². The van der Waals surface area contributed by atoms with E-state index >= 15 is 0 Å². The van der Waals surface area contributed by atoms with Crippen LogP contribution in [-0.4, -0.2) is 25.1 Å². The average molecular weight is 430 g/mol. The van der Waals surface area contributed by atoms with Crippen LogP contribution >= 0.6 is 0 Å². The van der Waals surface area contributed by atoms with E-state index < -0.39 is 31.9 Å². The van der Waals surface area contributed by atoms with Crippen molar-refractivity contribution in [1.82, 2.24) is 4.57 Å². The van der Waals surface area contributed by atoms with Crippen LogP contribution in [0.2, 0.25) is 0 Å². The maximum absolute atomic E-state index is 12.9. The number of fused-ring (bicyclic) bond motifs is 4. The fourth-order valence-electron chi connectivity index (χ4n) is 4.13. The van der Waals surface area contributed by atoms with Gasteiger partial charge in [0.15, 0.2) is 5.78 Å². The molecule has 1 aliphatic carbocycles. The molecule has 0 atom stereocenters. The van der Waals surface area contributed by atoms with Crippen molar-refractivity contribution in [2.75, 3.05) is 0 Å². The molecule has 32 heavy (non-hydrogen) atoms. The first kappa shape index (κ1) is 19.1. The van der Waals surface area contributed by atoms with Gasteiger partial charge in [0.1, 0.15) is 0 Å². The number of carbonyl (C=O) groups excluding carboxylic acids is 1. The first-order chi connectivity index (χ1) is 15.3. The van der Waals surface area contributed by atoms with E-state index in [-0.39, 0.29) is 33.6 Å². The van der Waals surface area contributed by atoms with E-state index in [0.717, 1.165) is 18.2 Å². The van der Waals surface area contributed by atoms with E-state index in [1.807, 2.05) is 0 Å². The molecular formula is C21H10N4O7. The Kier molecular flexibility index (Phi) is 3.89. The number of benzene rings is 3. The van der Waals surface area contributed by atoms with Crippen LogP contribution < -0.4 is 0 Å². The van der Waals surface area contributed by atoms with Crippen molar-refractivity contribution in [2.24, 2.45) is 0 Å². The van der Waals surface area contributed by atoms with Crippen LogP contribution in [0.4, 0.5) is 17.1 Å². The van der Waals surface area contributed by atoms with Gasteiger partial charge in [-0.25, -0.2) is 0 Å². The summed E-state index contributed by atoms with van der Waals surface area (Å²) in [7, 11) is 0. The Morgan fingerprint density at radius 1 is 0.750 bits per heavy atom. The number of carbonyl (C=O) groups is 1. The third-order valence-electron chi connectivity index (χ3n) is 5.45. The van der Waals surface area contributed by atoms with Gasteiger partial charge in [-0.15, -0.1) is 0 Å². The highest BCUT2D eigenvalue weighted by molar-refractivity contribution is 6.24. The molecule has 0 N–H and O–H groups in total. The fraction of sp³-hybridized carbons (Fsp3) is 0. The maximum atomic E-state index is 12.9. The smallest absolute Gasteiger partial charge is 0.305 e. The number of para-hydroxylation sites is 1. The summed E-state index contributed by atoms with van der Waals surface area (Å²) < 4.78 is 1.35. The molecule has 0 saturated carbocycles. The van der Waals surface area contributed by atoms with Gasteiger partial charge in [0.2, 0.25) is 5.69 Å². The van der Waals surface area contributed by atoms with Crippen molar-refractivity contribution in [3.8, 4) is 16.8 Å². The number of nitrogens with zero attached hydrogens (tertiary/aromatic N) is 4. The van der Waals surface area contributed by atoms with E-state index in [1.54, 1.807) is 30.3 Å². The minimum Gasteiger partial charge on any atom is -0.305 e. The number of hydrogen-bond donors (Lipinski definition) is 0. The maximum Gasteiger partial charge on any atom is 0.308 e. The van der Waals surface area contributed by atoms with Crippen molar-refractivity contribution in [1.29, 1.82) is 0 Å². The monoisotopic (exact) mass is 430 g/mol. The summed E-state index contributed by atoms with van der Waals surface area (Å²) in [5.74, 6) is -0.742. The van der Waals surface area contributed by atoms with E-state index in [1.165, 1.54) is 16.8 Å². The van der Waals surface area contributed by atoms with Crippen LogP contribution in [-0.2, 0) is 0 Å². The van der Waals surface area contributed by atoms with Gasteiger partial charge in [-0.3, -0.25) is 35.1 Å². The number of nitro benzene ring substituents is 3. The lowest BCUT2D eigenvalue weighted by Gasteiger charge is -2.11.